The maximum absolute atomic E-state index is 12.9. The molecule has 0 atom stereocenters. The first-order valence-corrected chi connectivity index (χ1v) is 11.9. The van der Waals surface area contributed by atoms with Crippen LogP contribution in [0.5, 0.6) is 0 Å². The highest BCUT2D eigenvalue weighted by molar-refractivity contribution is 6.08. The number of hydrogen-bond acceptors (Lipinski definition) is 5. The van der Waals surface area contributed by atoms with Crippen molar-refractivity contribution in [2.75, 3.05) is 51.1 Å². The topological polar surface area (TPSA) is 61.9 Å². The van der Waals surface area contributed by atoms with Crippen LogP contribution in [-0.2, 0) is 9.53 Å². The SMILES string of the molecule is CCOC(=O)c1cc(N(C)CCCN(C)C)ccc1NC(=O)/C=C(/C)c1ccc2ccccc2c1. The lowest BCUT2D eigenvalue weighted by Crippen LogP contribution is -2.24. The third kappa shape index (κ3) is 7.17. The van der Waals surface area contributed by atoms with Crippen LogP contribution in [0.1, 0.15) is 36.2 Å². The van der Waals surface area contributed by atoms with Crippen LogP contribution >= 0.6 is 0 Å². The Hall–Kier alpha value is -3.64. The molecule has 3 aromatic rings. The van der Waals surface area contributed by atoms with Gasteiger partial charge in [-0.2, -0.15) is 0 Å². The molecule has 0 radical (unpaired) electrons. The Morgan fingerprint density at radius 3 is 2.40 bits per heavy atom. The van der Waals surface area contributed by atoms with Crippen molar-refractivity contribution in [3.05, 3.63) is 77.9 Å². The minimum atomic E-state index is -0.457. The molecule has 0 aliphatic carbocycles. The van der Waals surface area contributed by atoms with Gasteiger partial charge in [0.15, 0.2) is 0 Å². The molecule has 1 amide bonds. The van der Waals surface area contributed by atoms with Crippen molar-refractivity contribution in [3.63, 3.8) is 0 Å². The van der Waals surface area contributed by atoms with Gasteiger partial charge in [-0.1, -0.05) is 36.4 Å². The fraction of sp³-hybridized carbons (Fsp3) is 0.310. The Labute approximate surface area is 208 Å². The van der Waals surface area contributed by atoms with E-state index in [0.717, 1.165) is 47.1 Å². The first kappa shape index (κ1) is 26.0. The number of nitrogens with one attached hydrogen (secondary N) is 1. The number of fused-ring (bicyclic) bond motifs is 1. The molecule has 0 aliphatic rings. The molecule has 0 spiro atoms. The number of nitrogens with zero attached hydrogens (tertiary/aromatic N) is 2. The normalized spacial score (nSPS) is 11.5. The summed E-state index contributed by atoms with van der Waals surface area (Å²) in [5.41, 5.74) is 3.48. The molecule has 0 heterocycles. The van der Waals surface area contributed by atoms with Gasteiger partial charge >= 0.3 is 5.97 Å². The van der Waals surface area contributed by atoms with E-state index in [2.05, 4.69) is 33.3 Å². The molecule has 0 aromatic heterocycles. The number of carbonyl (C=O) groups excluding carboxylic acids is 2. The number of carbonyl (C=O) groups is 2. The fourth-order valence-corrected chi connectivity index (χ4v) is 3.89. The van der Waals surface area contributed by atoms with Gasteiger partial charge in [-0.25, -0.2) is 4.79 Å². The molecule has 184 valence electrons. The second-order valence-corrected chi connectivity index (χ2v) is 8.91. The molecular weight excluding hydrogens is 438 g/mol. The summed E-state index contributed by atoms with van der Waals surface area (Å²) in [6.07, 6.45) is 2.55. The van der Waals surface area contributed by atoms with Crippen LogP contribution in [-0.4, -0.2) is 57.6 Å². The number of amides is 1. The minimum Gasteiger partial charge on any atom is -0.462 e. The van der Waals surface area contributed by atoms with E-state index in [1.807, 2.05) is 58.4 Å². The molecule has 6 heteroatoms. The van der Waals surface area contributed by atoms with Crippen LogP contribution < -0.4 is 10.2 Å². The average molecular weight is 474 g/mol. The van der Waals surface area contributed by atoms with Crippen LogP contribution in [0.25, 0.3) is 16.3 Å². The van der Waals surface area contributed by atoms with Crippen LogP contribution in [0.2, 0.25) is 0 Å². The summed E-state index contributed by atoms with van der Waals surface area (Å²) in [6.45, 7) is 5.76. The van der Waals surface area contributed by atoms with E-state index in [0.29, 0.717) is 11.3 Å². The van der Waals surface area contributed by atoms with E-state index in [-0.39, 0.29) is 12.5 Å². The van der Waals surface area contributed by atoms with Crippen molar-refractivity contribution < 1.29 is 14.3 Å². The van der Waals surface area contributed by atoms with E-state index >= 15 is 0 Å². The van der Waals surface area contributed by atoms with E-state index in [9.17, 15) is 9.59 Å². The smallest absolute Gasteiger partial charge is 0.340 e. The first-order chi connectivity index (χ1) is 16.8. The summed E-state index contributed by atoms with van der Waals surface area (Å²) >= 11 is 0. The molecule has 3 aromatic carbocycles. The van der Waals surface area contributed by atoms with E-state index in [1.165, 1.54) is 0 Å². The number of benzene rings is 3. The number of ether oxygens (including phenoxy) is 1. The number of hydrogen-bond donors (Lipinski definition) is 1. The Bertz CT molecular complexity index is 1220. The Morgan fingerprint density at radius 2 is 1.69 bits per heavy atom. The predicted octanol–water partition coefficient (Wildman–Crippen LogP) is 5.45. The lowest BCUT2D eigenvalue weighted by molar-refractivity contribution is -0.111. The summed E-state index contributed by atoms with van der Waals surface area (Å²) in [6, 6.07) is 19.7. The zero-order valence-corrected chi connectivity index (χ0v) is 21.3. The third-order valence-corrected chi connectivity index (χ3v) is 5.85. The van der Waals surface area contributed by atoms with E-state index in [4.69, 9.17) is 4.74 Å². The third-order valence-electron chi connectivity index (χ3n) is 5.85. The van der Waals surface area contributed by atoms with Gasteiger partial charge in [-0.05, 0) is 87.1 Å². The highest BCUT2D eigenvalue weighted by Crippen LogP contribution is 2.25. The number of esters is 1. The summed E-state index contributed by atoms with van der Waals surface area (Å²) < 4.78 is 5.26. The standard InChI is InChI=1S/C29H35N3O3/c1-6-35-29(34)26-20-25(32(5)17-9-16-31(3)4)14-15-27(26)30-28(33)18-21(2)23-13-12-22-10-7-8-11-24(22)19-23/h7-8,10-15,18-20H,6,9,16-17H2,1-5H3,(H,30,33)/b21-18-. The van der Waals surface area contributed by atoms with Gasteiger partial charge in [-0.3, -0.25) is 4.79 Å². The van der Waals surface area contributed by atoms with Crippen molar-refractivity contribution in [1.29, 1.82) is 0 Å². The van der Waals surface area contributed by atoms with Crippen LogP contribution in [0.15, 0.2) is 66.7 Å². The molecular formula is C29H35N3O3. The predicted molar refractivity (Wildman–Crippen MR) is 145 cm³/mol. The van der Waals surface area contributed by atoms with E-state index < -0.39 is 5.97 Å². The van der Waals surface area contributed by atoms with Crippen molar-refractivity contribution in [1.82, 2.24) is 4.90 Å². The van der Waals surface area contributed by atoms with E-state index in [1.54, 1.807) is 25.1 Å². The molecule has 35 heavy (non-hydrogen) atoms. The number of rotatable bonds is 10. The summed E-state index contributed by atoms with van der Waals surface area (Å²) in [7, 11) is 6.09. The van der Waals surface area contributed by atoms with Gasteiger partial charge in [0.25, 0.3) is 0 Å². The lowest BCUT2D eigenvalue weighted by Gasteiger charge is -2.22. The molecule has 0 fully saturated rings. The lowest BCUT2D eigenvalue weighted by atomic mass is 10.0. The average Bonchev–Trinajstić information content (AvgIpc) is 2.83. The van der Waals surface area contributed by atoms with Gasteiger partial charge < -0.3 is 19.9 Å². The molecule has 0 unspecified atom stereocenters. The molecule has 0 saturated carbocycles. The highest BCUT2D eigenvalue weighted by Gasteiger charge is 2.16. The minimum absolute atomic E-state index is 0.260. The Balaban J connectivity index is 1.80. The van der Waals surface area contributed by atoms with Crippen molar-refractivity contribution in [2.24, 2.45) is 0 Å². The number of allylic oxidation sites excluding steroid dienone is 1. The summed E-state index contributed by atoms with van der Waals surface area (Å²) in [5.74, 6) is -0.755. The van der Waals surface area contributed by atoms with Crippen LogP contribution in [0, 0.1) is 0 Å². The molecule has 0 bridgehead atoms. The van der Waals surface area contributed by atoms with Gasteiger partial charge in [-0.15, -0.1) is 0 Å². The summed E-state index contributed by atoms with van der Waals surface area (Å²) in [4.78, 5) is 29.8. The second-order valence-electron chi connectivity index (χ2n) is 8.91. The fourth-order valence-electron chi connectivity index (χ4n) is 3.89. The maximum atomic E-state index is 12.9. The maximum Gasteiger partial charge on any atom is 0.340 e. The van der Waals surface area contributed by atoms with Crippen molar-refractivity contribution >= 4 is 39.6 Å². The first-order valence-electron chi connectivity index (χ1n) is 11.9. The van der Waals surface area contributed by atoms with Gasteiger partial charge in [0, 0.05) is 25.4 Å². The van der Waals surface area contributed by atoms with Crippen molar-refractivity contribution in [2.45, 2.75) is 20.3 Å². The molecule has 0 saturated heterocycles. The quantitative estimate of drug-likeness (QED) is 0.314. The molecule has 0 aliphatic heterocycles. The van der Waals surface area contributed by atoms with Gasteiger partial charge in [0.05, 0.1) is 17.9 Å². The zero-order valence-electron chi connectivity index (χ0n) is 21.3. The van der Waals surface area contributed by atoms with Gasteiger partial charge in [0.2, 0.25) is 5.91 Å². The highest BCUT2D eigenvalue weighted by atomic mass is 16.5. The van der Waals surface area contributed by atoms with Gasteiger partial charge in [0.1, 0.15) is 0 Å². The van der Waals surface area contributed by atoms with Crippen molar-refractivity contribution in [3.8, 4) is 0 Å². The van der Waals surface area contributed by atoms with Crippen LogP contribution in [0.3, 0.4) is 0 Å². The Morgan fingerprint density at radius 1 is 0.943 bits per heavy atom. The molecule has 6 nitrogen and oxygen atoms in total. The van der Waals surface area contributed by atoms with Crippen LogP contribution in [0.4, 0.5) is 11.4 Å². The Kier molecular flexibility index (Phi) is 9.04. The monoisotopic (exact) mass is 473 g/mol. The largest absolute Gasteiger partial charge is 0.462 e. The summed E-state index contributed by atoms with van der Waals surface area (Å²) in [5, 5.41) is 5.14. The molecule has 1 N–H and O–H groups in total. The second kappa shape index (κ2) is 12.2. The number of anilines is 2. The molecule has 3 rings (SSSR count). The zero-order chi connectivity index (χ0) is 25.4.